The second kappa shape index (κ2) is 26.0. The lowest BCUT2D eigenvalue weighted by molar-refractivity contribution is -0.145. The quantitative estimate of drug-likeness (QED) is 0.0165. The molecule has 3 aromatic carbocycles. The van der Waals surface area contributed by atoms with Gasteiger partial charge in [-0.05, 0) is 149 Å². The van der Waals surface area contributed by atoms with Gasteiger partial charge in [-0.25, -0.2) is 9.99 Å². The molecule has 0 atom stereocenters. The number of fused-ring (bicyclic) bond motifs is 1. The zero-order valence-corrected chi connectivity index (χ0v) is 38.6. The second-order valence-corrected chi connectivity index (χ2v) is 17.9. The number of carbonyl (C=O) groups is 2. The van der Waals surface area contributed by atoms with Crippen molar-refractivity contribution in [3.63, 3.8) is 0 Å². The molecule has 0 aliphatic heterocycles. The normalized spacial score (nSPS) is 18.7. The fourth-order valence-corrected chi connectivity index (χ4v) is 9.49. The van der Waals surface area contributed by atoms with Gasteiger partial charge in [0, 0.05) is 25.8 Å². The highest BCUT2D eigenvalue weighted by Crippen LogP contribution is 2.39. The Balaban J connectivity index is 1.04. The summed E-state index contributed by atoms with van der Waals surface area (Å²) in [5.74, 6) is 1.86. The van der Waals surface area contributed by atoms with Gasteiger partial charge in [-0.3, -0.25) is 15.0 Å². The molecule has 2 N–H and O–H groups in total. The fourth-order valence-electron chi connectivity index (χ4n) is 8.55. The molecule has 6 rings (SSSR count). The Labute approximate surface area is 383 Å². The highest BCUT2D eigenvalue weighted by molar-refractivity contribution is 7.22. The first-order valence-electron chi connectivity index (χ1n) is 23.3. The number of hydrogen-bond donors (Lipinski definition) is 2. The average Bonchev–Trinajstić information content (AvgIpc) is 3.76. The molecule has 0 radical (unpaired) electrons. The number of aromatic nitrogens is 1. The number of nitrogens with one attached hydrogen (secondary N) is 2. The minimum Gasteiger partial charge on any atom is -0.494 e. The predicted octanol–water partition coefficient (Wildman–Crippen LogP) is 10.9. The number of hydrazone groups is 1. The van der Waals surface area contributed by atoms with Crippen LogP contribution in [0, 0.1) is 23.2 Å². The molecule has 0 amide bonds. The lowest BCUT2D eigenvalue weighted by Gasteiger charge is -2.29. The minimum atomic E-state index is -0.323. The SMILES string of the molecule is C=CC(=N)OCCCCCCOc1ccc(OC(=O)C2CCC(C(=O)Oc3ccc(C4CCC(CCC)CC4)cc3/C=N/N(CCNCCOC)c3nc4ccccc4s3)CC2)cc1. The molecule has 2 saturated carbocycles. The van der Waals surface area contributed by atoms with E-state index in [4.69, 9.17) is 39.2 Å². The molecule has 12 nitrogen and oxygen atoms in total. The van der Waals surface area contributed by atoms with Gasteiger partial charge in [-0.2, -0.15) is 5.10 Å². The highest BCUT2D eigenvalue weighted by Gasteiger charge is 2.33. The van der Waals surface area contributed by atoms with E-state index in [-0.39, 0.29) is 29.7 Å². The van der Waals surface area contributed by atoms with E-state index in [1.807, 2.05) is 47.6 Å². The summed E-state index contributed by atoms with van der Waals surface area (Å²) < 4.78 is 29.4. The van der Waals surface area contributed by atoms with Gasteiger partial charge in [0.25, 0.3) is 0 Å². The standard InChI is InChI=1S/C51H67N5O7S/c1-4-12-37-15-17-38(18-16-37)41-23-28-46(42(35-41)36-54-56(31-29-53-30-34-59-3)51-55-45-13-8-9-14-47(45)64-51)63-50(58)40-21-19-39(20-22-40)49(57)62-44-26-24-43(25-27-44)60-32-10-6-7-11-33-61-48(52)5-2/h5,8-9,13-14,23-28,35-40,52-53H,2,4,6-7,10-12,15-22,29-34H2,1,3H3/b52-48?,54-36+. The van der Waals surface area contributed by atoms with Gasteiger partial charge < -0.3 is 29.0 Å². The Kier molecular flexibility index (Phi) is 19.6. The van der Waals surface area contributed by atoms with E-state index >= 15 is 0 Å². The summed E-state index contributed by atoms with van der Waals surface area (Å²) in [4.78, 5) is 31.9. The van der Waals surface area contributed by atoms with Crippen LogP contribution >= 0.6 is 11.3 Å². The summed E-state index contributed by atoms with van der Waals surface area (Å²) >= 11 is 1.60. The number of methoxy groups -OCH3 is 1. The maximum Gasteiger partial charge on any atom is 0.314 e. The Bertz CT molecular complexity index is 2070. The third-order valence-electron chi connectivity index (χ3n) is 12.3. The lowest BCUT2D eigenvalue weighted by atomic mass is 9.77. The molecular weight excluding hydrogens is 827 g/mol. The number of anilines is 1. The number of rotatable bonds is 25. The fraction of sp³-hybridized carbons (Fsp3) is 0.510. The molecule has 0 saturated heterocycles. The van der Waals surface area contributed by atoms with Crippen LogP contribution in [0.5, 0.6) is 17.2 Å². The van der Waals surface area contributed by atoms with Crippen LogP contribution in [-0.4, -0.2) is 75.6 Å². The van der Waals surface area contributed by atoms with Crippen molar-refractivity contribution in [1.82, 2.24) is 10.3 Å². The van der Waals surface area contributed by atoms with Crippen molar-refractivity contribution in [2.45, 2.75) is 103 Å². The number of ether oxygens (including phenoxy) is 5. The number of para-hydroxylation sites is 1. The number of unbranched alkanes of at least 4 members (excludes halogenated alkanes) is 3. The summed E-state index contributed by atoms with van der Waals surface area (Å²) in [7, 11) is 1.69. The Hall–Kier alpha value is -5.11. The average molecular weight is 894 g/mol. The van der Waals surface area contributed by atoms with Gasteiger partial charge in [0.05, 0.1) is 54.6 Å². The second-order valence-electron chi connectivity index (χ2n) is 16.9. The predicted molar refractivity (Wildman–Crippen MR) is 256 cm³/mol. The monoisotopic (exact) mass is 893 g/mol. The Morgan fingerprint density at radius 2 is 1.56 bits per heavy atom. The number of nitrogens with zero attached hydrogens (tertiary/aromatic N) is 3. The first kappa shape index (κ1) is 48.3. The maximum atomic E-state index is 13.8. The van der Waals surface area contributed by atoms with Crippen molar-refractivity contribution >= 4 is 50.7 Å². The van der Waals surface area contributed by atoms with Crippen molar-refractivity contribution in [2.75, 3.05) is 51.6 Å². The van der Waals surface area contributed by atoms with Gasteiger partial charge in [-0.15, -0.1) is 0 Å². The largest absolute Gasteiger partial charge is 0.494 e. The molecular formula is C51H67N5O7S. The molecule has 344 valence electrons. The number of carbonyl (C=O) groups excluding carboxylic acids is 2. The maximum absolute atomic E-state index is 13.8. The van der Waals surface area contributed by atoms with Crippen LogP contribution < -0.4 is 24.5 Å². The van der Waals surface area contributed by atoms with Crippen molar-refractivity contribution in [1.29, 1.82) is 5.41 Å². The summed E-state index contributed by atoms with van der Waals surface area (Å²) in [6.45, 7) is 9.52. The molecule has 1 aromatic heterocycles. The van der Waals surface area contributed by atoms with Gasteiger partial charge in [0.2, 0.25) is 11.0 Å². The van der Waals surface area contributed by atoms with Crippen LogP contribution in [0.3, 0.4) is 0 Å². The molecule has 2 fully saturated rings. The molecule has 64 heavy (non-hydrogen) atoms. The lowest BCUT2D eigenvalue weighted by Crippen LogP contribution is -2.31. The van der Waals surface area contributed by atoms with Gasteiger partial charge >= 0.3 is 11.9 Å². The van der Waals surface area contributed by atoms with Crippen molar-refractivity contribution < 1.29 is 33.3 Å². The van der Waals surface area contributed by atoms with Crippen LogP contribution in [0.2, 0.25) is 0 Å². The molecule has 13 heteroatoms. The number of hydrogen-bond acceptors (Lipinski definition) is 13. The van der Waals surface area contributed by atoms with E-state index in [0.29, 0.717) is 76.0 Å². The molecule has 2 aliphatic carbocycles. The van der Waals surface area contributed by atoms with Crippen molar-refractivity contribution in [3.8, 4) is 17.2 Å². The molecule has 0 unspecified atom stereocenters. The number of benzene rings is 3. The summed E-state index contributed by atoms with van der Waals surface area (Å²) in [5, 5.41) is 18.6. The zero-order valence-electron chi connectivity index (χ0n) is 37.8. The van der Waals surface area contributed by atoms with Crippen molar-refractivity contribution in [3.05, 3.63) is 90.5 Å². The first-order valence-corrected chi connectivity index (χ1v) is 24.2. The summed E-state index contributed by atoms with van der Waals surface area (Å²) in [6, 6.07) is 21.5. The first-order chi connectivity index (χ1) is 31.3. The zero-order chi connectivity index (χ0) is 44.9. The van der Waals surface area contributed by atoms with Crippen LogP contribution in [0.1, 0.15) is 114 Å². The molecule has 4 aromatic rings. The minimum absolute atomic E-state index is 0.106. The van der Waals surface area contributed by atoms with E-state index in [9.17, 15) is 9.59 Å². The van der Waals surface area contributed by atoms with Crippen molar-refractivity contribution in [2.24, 2.45) is 22.9 Å². The van der Waals surface area contributed by atoms with Gasteiger partial charge in [-0.1, -0.05) is 55.9 Å². The topological polar surface area (TPSA) is 145 Å². The number of esters is 2. The third kappa shape index (κ3) is 15.0. The third-order valence-corrected chi connectivity index (χ3v) is 13.3. The van der Waals surface area contributed by atoms with Gasteiger partial charge in [0.1, 0.15) is 17.2 Å². The van der Waals surface area contributed by atoms with E-state index in [0.717, 1.165) is 77.6 Å². The molecule has 0 spiro atoms. The Morgan fingerprint density at radius 1 is 0.859 bits per heavy atom. The number of thiazole rings is 1. The summed E-state index contributed by atoms with van der Waals surface area (Å²) in [6.07, 6.45) is 16.5. The van der Waals surface area contributed by atoms with E-state index < -0.39 is 0 Å². The Morgan fingerprint density at radius 3 is 2.27 bits per heavy atom. The van der Waals surface area contributed by atoms with Crippen LogP contribution in [0.4, 0.5) is 5.13 Å². The summed E-state index contributed by atoms with van der Waals surface area (Å²) in [5.41, 5.74) is 2.94. The van der Waals surface area contributed by atoms with E-state index in [1.165, 1.54) is 37.3 Å². The molecule has 0 bridgehead atoms. The van der Waals surface area contributed by atoms with E-state index in [2.05, 4.69) is 37.0 Å². The van der Waals surface area contributed by atoms with Crippen LogP contribution in [0.25, 0.3) is 10.2 Å². The van der Waals surface area contributed by atoms with Gasteiger partial charge in [0.15, 0.2) is 0 Å². The highest BCUT2D eigenvalue weighted by atomic mass is 32.1. The smallest absolute Gasteiger partial charge is 0.314 e. The molecule has 2 aliphatic rings. The molecule has 1 heterocycles. The van der Waals surface area contributed by atoms with Crippen LogP contribution in [0.15, 0.2) is 84.5 Å². The van der Waals surface area contributed by atoms with Crippen LogP contribution in [-0.2, 0) is 19.1 Å². The van der Waals surface area contributed by atoms with E-state index in [1.54, 1.807) is 30.6 Å².